The van der Waals surface area contributed by atoms with Crippen molar-refractivity contribution < 1.29 is 0 Å². The summed E-state index contributed by atoms with van der Waals surface area (Å²) in [4.78, 5) is 0.759. The van der Waals surface area contributed by atoms with Gasteiger partial charge in [-0.25, -0.2) is 0 Å². The minimum Gasteiger partial charge on any atom is -0.0843 e. The summed E-state index contributed by atoms with van der Waals surface area (Å²) >= 11 is 17.4. The molecule has 0 aliphatic rings. The Bertz CT molecular complexity index is 539. The number of rotatable bonds is 2. The van der Waals surface area contributed by atoms with Gasteiger partial charge in [-0.2, -0.15) is 0 Å². The molecule has 2 aromatic rings. The van der Waals surface area contributed by atoms with E-state index in [-0.39, 0.29) is 0 Å². The molecule has 0 heterocycles. The molecular formula is C14H10Cl2S. The van der Waals surface area contributed by atoms with Crippen LogP contribution < -0.4 is 0 Å². The maximum absolute atomic E-state index is 5.96. The summed E-state index contributed by atoms with van der Waals surface area (Å²) in [6, 6.07) is 13.4. The molecule has 0 aliphatic heterocycles. The third-order valence-electron chi connectivity index (χ3n) is 2.44. The van der Waals surface area contributed by atoms with Crippen LogP contribution in [0.5, 0.6) is 0 Å². The zero-order valence-corrected chi connectivity index (χ0v) is 11.5. The number of halogens is 2. The third-order valence-corrected chi connectivity index (χ3v) is 3.35. The minimum atomic E-state index is 0.599. The van der Waals surface area contributed by atoms with Crippen molar-refractivity contribution in [3.8, 4) is 0 Å². The van der Waals surface area contributed by atoms with Gasteiger partial charge in [0.2, 0.25) is 0 Å². The third kappa shape index (κ3) is 3.06. The van der Waals surface area contributed by atoms with Crippen molar-refractivity contribution in [2.24, 2.45) is 0 Å². The molecule has 0 spiro atoms. The molecule has 0 aromatic heterocycles. The van der Waals surface area contributed by atoms with Crippen LogP contribution in [0.4, 0.5) is 0 Å². The normalized spacial score (nSPS) is 10.3. The van der Waals surface area contributed by atoms with Gasteiger partial charge in [0, 0.05) is 10.0 Å². The minimum absolute atomic E-state index is 0.599. The number of aryl methyl sites for hydroxylation is 1. The highest BCUT2D eigenvalue weighted by atomic mass is 35.5. The maximum atomic E-state index is 5.96. The van der Waals surface area contributed by atoms with E-state index < -0.39 is 0 Å². The van der Waals surface area contributed by atoms with Crippen LogP contribution in [0, 0.1) is 6.92 Å². The first-order valence-electron chi connectivity index (χ1n) is 5.14. The molecule has 2 aromatic carbocycles. The topological polar surface area (TPSA) is 0 Å². The molecule has 0 saturated carbocycles. The number of thiocarbonyl (C=S) groups is 1. The van der Waals surface area contributed by atoms with Crippen molar-refractivity contribution >= 4 is 40.3 Å². The summed E-state index contributed by atoms with van der Waals surface area (Å²) in [6.07, 6.45) is 0. The van der Waals surface area contributed by atoms with Gasteiger partial charge in [-0.3, -0.25) is 0 Å². The number of hydrogen-bond donors (Lipinski definition) is 0. The van der Waals surface area contributed by atoms with Gasteiger partial charge in [0.1, 0.15) is 0 Å². The predicted molar refractivity (Wildman–Crippen MR) is 78.4 cm³/mol. The average Bonchev–Trinajstić information content (AvgIpc) is 2.28. The zero-order chi connectivity index (χ0) is 12.4. The van der Waals surface area contributed by atoms with Gasteiger partial charge in [-0.15, -0.1) is 0 Å². The Morgan fingerprint density at radius 3 is 1.94 bits per heavy atom. The Morgan fingerprint density at radius 2 is 1.41 bits per heavy atom. The fourth-order valence-corrected chi connectivity index (χ4v) is 2.34. The molecule has 0 nitrogen and oxygen atoms in total. The van der Waals surface area contributed by atoms with Gasteiger partial charge in [-0.05, 0) is 36.2 Å². The number of benzene rings is 2. The fraction of sp³-hybridized carbons (Fsp3) is 0.0714. The smallest absolute Gasteiger partial charge is 0.0522 e. The molecule has 0 N–H and O–H groups in total. The van der Waals surface area contributed by atoms with Crippen LogP contribution in [0.3, 0.4) is 0 Å². The predicted octanol–water partition coefficient (Wildman–Crippen LogP) is 5.07. The highest BCUT2D eigenvalue weighted by molar-refractivity contribution is 7.81. The van der Waals surface area contributed by atoms with Gasteiger partial charge in [-0.1, -0.05) is 65.2 Å². The molecule has 0 atom stereocenters. The van der Waals surface area contributed by atoms with E-state index in [9.17, 15) is 0 Å². The van der Waals surface area contributed by atoms with E-state index in [2.05, 4.69) is 0 Å². The van der Waals surface area contributed by atoms with Crippen LogP contribution in [0.2, 0.25) is 10.0 Å². The Morgan fingerprint density at radius 1 is 0.882 bits per heavy atom. The van der Waals surface area contributed by atoms with Crippen LogP contribution in [0.25, 0.3) is 0 Å². The summed E-state index contributed by atoms with van der Waals surface area (Å²) < 4.78 is 0. The van der Waals surface area contributed by atoms with Crippen molar-refractivity contribution in [3.63, 3.8) is 0 Å². The molecule has 0 radical (unpaired) electrons. The van der Waals surface area contributed by atoms with Crippen molar-refractivity contribution in [1.82, 2.24) is 0 Å². The molecular weight excluding hydrogens is 271 g/mol. The lowest BCUT2D eigenvalue weighted by Gasteiger charge is -2.06. The van der Waals surface area contributed by atoms with E-state index in [1.54, 1.807) is 6.07 Å². The fourth-order valence-electron chi connectivity index (χ4n) is 1.56. The Kier molecular flexibility index (Phi) is 3.82. The molecule has 0 unspecified atom stereocenters. The standard InChI is InChI=1S/C14H10Cl2S/c1-9-2-4-10(5-3-9)14(17)11-6-12(15)8-13(16)7-11/h2-8H,1H3. The van der Waals surface area contributed by atoms with E-state index in [0.29, 0.717) is 10.0 Å². The van der Waals surface area contributed by atoms with Gasteiger partial charge >= 0.3 is 0 Å². The summed E-state index contributed by atoms with van der Waals surface area (Å²) in [5.74, 6) is 0. The van der Waals surface area contributed by atoms with Crippen molar-refractivity contribution in [2.45, 2.75) is 6.92 Å². The molecule has 17 heavy (non-hydrogen) atoms. The van der Waals surface area contributed by atoms with Crippen LogP contribution in [-0.2, 0) is 0 Å². The Hall–Kier alpha value is -0.890. The lowest BCUT2D eigenvalue weighted by Crippen LogP contribution is -1.99. The molecule has 0 amide bonds. The highest BCUT2D eigenvalue weighted by Crippen LogP contribution is 2.22. The first-order valence-corrected chi connectivity index (χ1v) is 6.30. The quantitative estimate of drug-likeness (QED) is 0.547. The van der Waals surface area contributed by atoms with Crippen LogP contribution in [-0.4, -0.2) is 4.86 Å². The summed E-state index contributed by atoms with van der Waals surface area (Å²) in [6.45, 7) is 2.04. The second-order valence-corrected chi connectivity index (χ2v) is 5.13. The summed E-state index contributed by atoms with van der Waals surface area (Å²) in [7, 11) is 0. The molecule has 0 aliphatic carbocycles. The molecule has 86 valence electrons. The molecule has 3 heteroatoms. The Labute approximate surface area is 116 Å². The SMILES string of the molecule is Cc1ccc(C(=S)c2cc(Cl)cc(Cl)c2)cc1. The first-order chi connectivity index (χ1) is 8.06. The van der Waals surface area contributed by atoms with Crippen LogP contribution in [0.15, 0.2) is 42.5 Å². The summed E-state index contributed by atoms with van der Waals surface area (Å²) in [5, 5.41) is 1.20. The zero-order valence-electron chi connectivity index (χ0n) is 9.21. The van der Waals surface area contributed by atoms with E-state index in [0.717, 1.165) is 16.0 Å². The van der Waals surface area contributed by atoms with E-state index >= 15 is 0 Å². The molecule has 0 bridgehead atoms. The highest BCUT2D eigenvalue weighted by Gasteiger charge is 2.06. The monoisotopic (exact) mass is 280 g/mol. The maximum Gasteiger partial charge on any atom is 0.0522 e. The molecule has 0 saturated heterocycles. The largest absolute Gasteiger partial charge is 0.0843 e. The lowest BCUT2D eigenvalue weighted by atomic mass is 10.0. The van der Waals surface area contributed by atoms with Gasteiger partial charge in [0.05, 0.1) is 4.86 Å². The lowest BCUT2D eigenvalue weighted by molar-refractivity contribution is 1.46. The number of hydrogen-bond acceptors (Lipinski definition) is 1. The van der Waals surface area contributed by atoms with Gasteiger partial charge in [0.15, 0.2) is 0 Å². The van der Waals surface area contributed by atoms with Crippen LogP contribution >= 0.6 is 35.4 Å². The average molecular weight is 281 g/mol. The van der Waals surface area contributed by atoms with Crippen molar-refractivity contribution in [2.75, 3.05) is 0 Å². The first kappa shape index (κ1) is 12.6. The van der Waals surface area contributed by atoms with Crippen molar-refractivity contribution in [1.29, 1.82) is 0 Å². The van der Waals surface area contributed by atoms with Crippen LogP contribution in [0.1, 0.15) is 16.7 Å². The van der Waals surface area contributed by atoms with Crippen molar-refractivity contribution in [3.05, 3.63) is 69.2 Å². The second kappa shape index (κ2) is 5.18. The Balaban J connectivity index is 2.40. The van der Waals surface area contributed by atoms with Gasteiger partial charge in [0.25, 0.3) is 0 Å². The van der Waals surface area contributed by atoms with Gasteiger partial charge < -0.3 is 0 Å². The van der Waals surface area contributed by atoms with E-state index in [1.165, 1.54) is 5.56 Å². The van der Waals surface area contributed by atoms with E-state index in [4.69, 9.17) is 35.4 Å². The van der Waals surface area contributed by atoms with E-state index in [1.807, 2.05) is 43.3 Å². The summed E-state index contributed by atoms with van der Waals surface area (Å²) in [5.41, 5.74) is 3.09. The molecule has 0 fully saturated rings. The molecule has 2 rings (SSSR count). The second-order valence-electron chi connectivity index (χ2n) is 3.85.